The minimum atomic E-state index is -0.999. The first-order valence-electron chi connectivity index (χ1n) is 17.9. The molecule has 49 heavy (non-hydrogen) atoms. The van der Waals surface area contributed by atoms with Crippen molar-refractivity contribution in [1.29, 1.82) is 0 Å². The van der Waals surface area contributed by atoms with Crippen molar-refractivity contribution >= 4 is 40.4 Å². The molecule has 3 N–H and O–H groups in total. The van der Waals surface area contributed by atoms with Crippen LogP contribution in [0.4, 0.5) is 0 Å². The van der Waals surface area contributed by atoms with Crippen molar-refractivity contribution in [2.45, 2.75) is 110 Å². The molecule has 268 valence electrons. The van der Waals surface area contributed by atoms with Crippen molar-refractivity contribution in [3.63, 3.8) is 0 Å². The predicted molar refractivity (Wildman–Crippen MR) is 190 cm³/mol. The van der Waals surface area contributed by atoms with E-state index in [1.54, 1.807) is 32.9 Å². The van der Waals surface area contributed by atoms with Gasteiger partial charge in [0.25, 0.3) is 11.8 Å². The number of ether oxygens (including phenoxy) is 1. The van der Waals surface area contributed by atoms with Crippen molar-refractivity contribution in [3.05, 3.63) is 47.5 Å². The van der Waals surface area contributed by atoms with Gasteiger partial charge in [-0.2, -0.15) is 0 Å². The topological polar surface area (TPSA) is 137 Å². The molecular formula is C38H55N5O6. The molecule has 3 atom stereocenters. The Hall–Kier alpha value is -3.83. The number of benzene rings is 2. The van der Waals surface area contributed by atoms with E-state index in [0.29, 0.717) is 30.5 Å². The van der Waals surface area contributed by atoms with Crippen LogP contribution in [0.25, 0.3) is 10.8 Å². The molecule has 2 aromatic rings. The molecule has 2 heterocycles. The van der Waals surface area contributed by atoms with Gasteiger partial charge in [-0.1, -0.05) is 44.5 Å². The molecule has 0 saturated carbocycles. The number of imide groups is 1. The normalized spacial score (nSPS) is 19.8. The Morgan fingerprint density at radius 3 is 2.12 bits per heavy atom. The average Bonchev–Trinajstić information content (AvgIpc) is 3.27. The Balaban J connectivity index is 1.50. The van der Waals surface area contributed by atoms with Crippen LogP contribution < -0.4 is 16.0 Å². The van der Waals surface area contributed by atoms with Crippen LogP contribution >= 0.6 is 0 Å². The first kappa shape index (κ1) is 38.0. The van der Waals surface area contributed by atoms with Crippen molar-refractivity contribution in [1.82, 2.24) is 25.8 Å². The molecule has 0 aromatic heterocycles. The molecule has 2 aromatic carbocycles. The molecular weight excluding hydrogens is 622 g/mol. The maximum absolute atomic E-state index is 13.9. The molecule has 0 bridgehead atoms. The highest BCUT2D eigenvalue weighted by Gasteiger charge is 2.38. The molecule has 4 amide bonds. The van der Waals surface area contributed by atoms with Crippen LogP contribution in [0.15, 0.2) is 36.4 Å². The molecule has 1 saturated heterocycles. The van der Waals surface area contributed by atoms with E-state index >= 15 is 0 Å². The Morgan fingerprint density at radius 1 is 0.918 bits per heavy atom. The smallest absolute Gasteiger partial charge is 0.323 e. The predicted octanol–water partition coefficient (Wildman–Crippen LogP) is 4.43. The van der Waals surface area contributed by atoms with Crippen LogP contribution in [-0.4, -0.2) is 96.4 Å². The SMILES string of the molecule is CC(C)C[C@H](N[C@H](CCN1C(=O)c2cc3ccccc3cc2C1=O)C(=O)OC(C)(C)C)C(=O)N[C@H]1CCCCN(C)CCCCCNC1=O. The average molecular weight is 678 g/mol. The van der Waals surface area contributed by atoms with Gasteiger partial charge in [0.1, 0.15) is 17.7 Å². The standard InChI is InChI=1S/C38H55N5O6/c1-25(2)22-32(34(45)41-30-16-10-13-20-42(6)19-12-7-11-18-39-33(30)44)40-31(37(48)49-38(3,4)5)17-21-43-35(46)28-23-26-14-8-9-15-27(26)24-29(28)36(43)47/h8-9,14-15,23-25,30-32,40H,7,10-13,16-22H2,1-6H3,(H,39,44)(H,41,45)/t30-,31+,32-/m0/s1. The van der Waals surface area contributed by atoms with Gasteiger partial charge in [0.15, 0.2) is 0 Å². The maximum atomic E-state index is 13.9. The largest absolute Gasteiger partial charge is 0.459 e. The van der Waals surface area contributed by atoms with E-state index < -0.39 is 41.5 Å². The summed E-state index contributed by atoms with van der Waals surface area (Å²) in [5.74, 6) is -1.92. The second-order valence-electron chi connectivity index (χ2n) is 14.9. The summed E-state index contributed by atoms with van der Waals surface area (Å²) in [4.78, 5) is 71.1. The monoisotopic (exact) mass is 677 g/mol. The van der Waals surface area contributed by atoms with Gasteiger partial charge in [-0.05, 0) is 115 Å². The molecule has 11 heteroatoms. The zero-order chi connectivity index (χ0) is 35.7. The van der Waals surface area contributed by atoms with Gasteiger partial charge >= 0.3 is 5.97 Å². The van der Waals surface area contributed by atoms with E-state index in [9.17, 15) is 24.0 Å². The van der Waals surface area contributed by atoms with Crippen molar-refractivity contribution in [2.24, 2.45) is 5.92 Å². The van der Waals surface area contributed by atoms with Crippen LogP contribution in [0.1, 0.15) is 107 Å². The van der Waals surface area contributed by atoms with Crippen LogP contribution in [-0.2, 0) is 19.1 Å². The van der Waals surface area contributed by atoms with E-state index in [1.165, 1.54) is 0 Å². The lowest BCUT2D eigenvalue weighted by Crippen LogP contribution is -2.57. The summed E-state index contributed by atoms with van der Waals surface area (Å²) in [7, 11) is 2.11. The molecule has 2 aliphatic heterocycles. The van der Waals surface area contributed by atoms with Gasteiger partial charge in [-0.25, -0.2) is 0 Å². The first-order chi connectivity index (χ1) is 23.2. The lowest BCUT2D eigenvalue weighted by molar-refractivity contribution is -0.158. The van der Waals surface area contributed by atoms with Crippen LogP contribution in [0.2, 0.25) is 0 Å². The van der Waals surface area contributed by atoms with E-state index in [-0.39, 0.29) is 30.7 Å². The number of carbonyl (C=O) groups excluding carboxylic acids is 5. The van der Waals surface area contributed by atoms with Gasteiger partial charge < -0.3 is 20.3 Å². The number of carbonyl (C=O) groups is 5. The lowest BCUT2D eigenvalue weighted by Gasteiger charge is -2.30. The highest BCUT2D eigenvalue weighted by molar-refractivity contribution is 6.23. The summed E-state index contributed by atoms with van der Waals surface area (Å²) >= 11 is 0. The van der Waals surface area contributed by atoms with Crippen LogP contribution in [0, 0.1) is 5.92 Å². The zero-order valence-corrected chi connectivity index (χ0v) is 30.1. The summed E-state index contributed by atoms with van der Waals surface area (Å²) in [5, 5.41) is 10.9. The number of nitrogens with one attached hydrogen (secondary N) is 3. The molecule has 1 fully saturated rings. The summed E-state index contributed by atoms with van der Waals surface area (Å²) < 4.78 is 5.74. The van der Waals surface area contributed by atoms with E-state index in [1.807, 2.05) is 38.1 Å². The fourth-order valence-corrected chi connectivity index (χ4v) is 6.45. The number of rotatable bonds is 10. The molecule has 0 spiro atoms. The van der Waals surface area contributed by atoms with Crippen LogP contribution in [0.5, 0.6) is 0 Å². The summed E-state index contributed by atoms with van der Waals surface area (Å²) in [6, 6.07) is 8.48. The third-order valence-corrected chi connectivity index (χ3v) is 9.03. The van der Waals surface area contributed by atoms with E-state index in [2.05, 4.69) is 27.9 Å². The number of nitrogens with zero attached hydrogens (tertiary/aromatic N) is 2. The quantitative estimate of drug-likeness (QED) is 0.248. The van der Waals surface area contributed by atoms with E-state index in [0.717, 1.165) is 60.9 Å². The number of hydrogen-bond donors (Lipinski definition) is 3. The van der Waals surface area contributed by atoms with Crippen LogP contribution in [0.3, 0.4) is 0 Å². The Morgan fingerprint density at radius 2 is 1.53 bits per heavy atom. The number of amides is 4. The number of hydrogen-bond acceptors (Lipinski definition) is 8. The van der Waals surface area contributed by atoms with Gasteiger partial charge in [0.2, 0.25) is 11.8 Å². The summed E-state index contributed by atoms with van der Waals surface area (Å²) in [6.07, 6.45) is 5.61. The van der Waals surface area contributed by atoms with Crippen molar-refractivity contribution in [3.8, 4) is 0 Å². The van der Waals surface area contributed by atoms with Crippen molar-refractivity contribution in [2.75, 3.05) is 33.2 Å². The van der Waals surface area contributed by atoms with E-state index in [4.69, 9.17) is 4.74 Å². The summed E-state index contributed by atoms with van der Waals surface area (Å²) in [6.45, 7) is 11.7. The third kappa shape index (κ3) is 10.8. The fourth-order valence-electron chi connectivity index (χ4n) is 6.45. The minimum absolute atomic E-state index is 0.0409. The first-order valence-corrected chi connectivity index (χ1v) is 17.9. The van der Waals surface area contributed by atoms with Crippen molar-refractivity contribution < 1.29 is 28.7 Å². The Labute approximate surface area is 290 Å². The summed E-state index contributed by atoms with van der Waals surface area (Å²) in [5.41, 5.74) is -0.138. The highest BCUT2D eigenvalue weighted by Crippen LogP contribution is 2.28. The lowest BCUT2D eigenvalue weighted by atomic mass is 10.00. The van der Waals surface area contributed by atoms with Gasteiger partial charge in [0, 0.05) is 13.1 Å². The van der Waals surface area contributed by atoms with Gasteiger partial charge in [0.05, 0.1) is 17.2 Å². The fraction of sp³-hybridized carbons (Fsp3) is 0.605. The molecule has 0 radical (unpaired) electrons. The molecule has 11 nitrogen and oxygen atoms in total. The number of esters is 1. The number of fused-ring (bicyclic) bond motifs is 2. The van der Waals surface area contributed by atoms with Gasteiger partial charge in [-0.3, -0.25) is 34.2 Å². The Kier molecular flexibility index (Phi) is 13.3. The molecule has 0 unspecified atom stereocenters. The molecule has 4 rings (SSSR count). The molecule has 0 aliphatic carbocycles. The minimum Gasteiger partial charge on any atom is -0.459 e. The van der Waals surface area contributed by atoms with Gasteiger partial charge in [-0.15, -0.1) is 0 Å². The molecule has 2 aliphatic rings. The maximum Gasteiger partial charge on any atom is 0.323 e. The Bertz CT molecular complexity index is 1450. The second-order valence-corrected chi connectivity index (χ2v) is 14.9. The third-order valence-electron chi connectivity index (χ3n) is 9.03. The second kappa shape index (κ2) is 17.2. The zero-order valence-electron chi connectivity index (χ0n) is 30.1. The highest BCUT2D eigenvalue weighted by atomic mass is 16.6.